The van der Waals surface area contributed by atoms with Crippen LogP contribution >= 0.6 is 0 Å². The number of piperazine rings is 1. The molecule has 0 aliphatic carbocycles. The van der Waals surface area contributed by atoms with Crippen molar-refractivity contribution in [1.82, 2.24) is 19.2 Å². The highest BCUT2D eigenvalue weighted by atomic mass is 32.2. The fraction of sp³-hybridized carbons (Fsp3) is 0.500. The molecule has 3 heterocycles. The van der Waals surface area contributed by atoms with Crippen LogP contribution in [0.1, 0.15) is 12.8 Å². The standard InChI is InChI=1S/C16H20N4O4S/c21-16(15-2-1-9-24-15)19-5-7-20(8-6-19)25(22,23)12-3-4-13-14(10-12)18-11-17-13/h3-4,10-11,15H,1-2,5-9H2,(H,17,18). The van der Waals surface area contributed by atoms with E-state index in [9.17, 15) is 13.2 Å². The van der Waals surface area contributed by atoms with E-state index >= 15 is 0 Å². The van der Waals surface area contributed by atoms with E-state index in [1.54, 1.807) is 23.1 Å². The van der Waals surface area contributed by atoms with Gasteiger partial charge in [0.15, 0.2) is 0 Å². The lowest BCUT2D eigenvalue weighted by Gasteiger charge is -2.35. The number of aromatic nitrogens is 2. The van der Waals surface area contributed by atoms with Crippen LogP contribution in [-0.4, -0.2) is 72.4 Å². The molecule has 1 atom stereocenters. The van der Waals surface area contributed by atoms with Gasteiger partial charge in [0.05, 0.1) is 22.3 Å². The summed E-state index contributed by atoms with van der Waals surface area (Å²) in [6.07, 6.45) is 2.84. The summed E-state index contributed by atoms with van der Waals surface area (Å²) in [5.74, 6) is -0.0200. The van der Waals surface area contributed by atoms with Crippen molar-refractivity contribution in [2.45, 2.75) is 23.8 Å². The van der Waals surface area contributed by atoms with E-state index < -0.39 is 10.0 Å². The third-order valence-corrected chi connectivity index (χ3v) is 6.68. The van der Waals surface area contributed by atoms with Crippen LogP contribution in [0.4, 0.5) is 0 Å². The lowest BCUT2D eigenvalue weighted by atomic mass is 10.2. The van der Waals surface area contributed by atoms with Gasteiger partial charge in [-0.25, -0.2) is 13.4 Å². The number of hydrogen-bond donors (Lipinski definition) is 1. The molecule has 9 heteroatoms. The Labute approximate surface area is 145 Å². The summed E-state index contributed by atoms with van der Waals surface area (Å²) in [6.45, 7) is 2.00. The summed E-state index contributed by atoms with van der Waals surface area (Å²) in [6, 6.07) is 4.86. The number of H-pyrrole nitrogens is 1. The van der Waals surface area contributed by atoms with Crippen molar-refractivity contribution < 1.29 is 17.9 Å². The van der Waals surface area contributed by atoms with Crippen LogP contribution in [0, 0.1) is 0 Å². The normalized spacial score (nSPS) is 22.6. The molecule has 2 saturated heterocycles. The molecule has 1 aromatic heterocycles. The smallest absolute Gasteiger partial charge is 0.251 e. The van der Waals surface area contributed by atoms with Crippen molar-refractivity contribution in [3.05, 3.63) is 24.5 Å². The highest BCUT2D eigenvalue weighted by Crippen LogP contribution is 2.22. The molecule has 1 amide bonds. The van der Waals surface area contributed by atoms with Gasteiger partial charge in [-0.1, -0.05) is 0 Å². The average Bonchev–Trinajstić information content (AvgIpc) is 3.32. The van der Waals surface area contributed by atoms with E-state index in [0.717, 1.165) is 18.4 Å². The first kappa shape index (κ1) is 16.5. The minimum Gasteiger partial charge on any atom is -0.368 e. The predicted molar refractivity (Wildman–Crippen MR) is 90.4 cm³/mol. The van der Waals surface area contributed by atoms with Crippen LogP contribution in [0.3, 0.4) is 0 Å². The summed E-state index contributed by atoms with van der Waals surface area (Å²) >= 11 is 0. The predicted octanol–water partition coefficient (Wildman–Crippen LogP) is 0.575. The quantitative estimate of drug-likeness (QED) is 0.859. The lowest BCUT2D eigenvalue weighted by molar-refractivity contribution is -0.142. The minimum absolute atomic E-state index is 0.0200. The van der Waals surface area contributed by atoms with E-state index in [0.29, 0.717) is 38.3 Å². The number of sulfonamides is 1. The monoisotopic (exact) mass is 364 g/mol. The van der Waals surface area contributed by atoms with Crippen molar-refractivity contribution in [2.75, 3.05) is 32.8 Å². The molecule has 2 aliphatic heterocycles. The molecule has 2 aliphatic rings. The van der Waals surface area contributed by atoms with Gasteiger partial charge in [0.25, 0.3) is 5.91 Å². The molecular formula is C16H20N4O4S. The first-order valence-corrected chi connectivity index (χ1v) is 9.83. The number of ether oxygens (including phenoxy) is 1. The van der Waals surface area contributed by atoms with Crippen LogP contribution in [0.2, 0.25) is 0 Å². The van der Waals surface area contributed by atoms with Crippen molar-refractivity contribution in [3.63, 3.8) is 0 Å². The van der Waals surface area contributed by atoms with Gasteiger partial charge in [0, 0.05) is 32.8 Å². The molecule has 25 heavy (non-hydrogen) atoms. The lowest BCUT2D eigenvalue weighted by Crippen LogP contribution is -2.52. The minimum atomic E-state index is -3.58. The van der Waals surface area contributed by atoms with Gasteiger partial charge in [-0.2, -0.15) is 4.31 Å². The maximum atomic E-state index is 12.8. The number of rotatable bonds is 3. The van der Waals surface area contributed by atoms with E-state index in [4.69, 9.17) is 4.74 Å². The second-order valence-electron chi connectivity index (χ2n) is 6.31. The molecule has 0 radical (unpaired) electrons. The van der Waals surface area contributed by atoms with Crippen LogP contribution < -0.4 is 0 Å². The van der Waals surface area contributed by atoms with Gasteiger partial charge in [0.1, 0.15) is 6.10 Å². The fourth-order valence-electron chi connectivity index (χ4n) is 3.35. The molecule has 134 valence electrons. The molecule has 0 saturated carbocycles. The summed E-state index contributed by atoms with van der Waals surface area (Å²) in [5, 5.41) is 0. The molecule has 2 aromatic rings. The Kier molecular flexibility index (Phi) is 4.22. The number of carbonyl (C=O) groups excluding carboxylic acids is 1. The summed E-state index contributed by atoms with van der Waals surface area (Å²) in [5.41, 5.74) is 1.42. The number of benzene rings is 1. The Hall–Kier alpha value is -1.97. The van der Waals surface area contributed by atoms with Crippen LogP contribution in [0.5, 0.6) is 0 Å². The maximum absolute atomic E-state index is 12.8. The van der Waals surface area contributed by atoms with E-state index in [1.807, 2.05) is 0 Å². The third kappa shape index (κ3) is 3.03. The zero-order valence-electron chi connectivity index (χ0n) is 13.7. The van der Waals surface area contributed by atoms with Gasteiger partial charge in [0.2, 0.25) is 10.0 Å². The van der Waals surface area contributed by atoms with Gasteiger partial charge < -0.3 is 14.6 Å². The zero-order chi connectivity index (χ0) is 17.4. The first-order valence-electron chi connectivity index (χ1n) is 8.39. The highest BCUT2D eigenvalue weighted by molar-refractivity contribution is 7.89. The topological polar surface area (TPSA) is 95.6 Å². The van der Waals surface area contributed by atoms with Crippen molar-refractivity contribution in [3.8, 4) is 0 Å². The second-order valence-corrected chi connectivity index (χ2v) is 8.25. The molecule has 1 aromatic carbocycles. The molecule has 0 bridgehead atoms. The van der Waals surface area contributed by atoms with Crippen molar-refractivity contribution >= 4 is 27.0 Å². The highest BCUT2D eigenvalue weighted by Gasteiger charge is 2.34. The summed E-state index contributed by atoms with van der Waals surface area (Å²) in [7, 11) is -3.58. The van der Waals surface area contributed by atoms with Crippen LogP contribution in [-0.2, 0) is 19.6 Å². The number of aromatic amines is 1. The summed E-state index contributed by atoms with van der Waals surface area (Å²) in [4.78, 5) is 21.3. The van der Waals surface area contributed by atoms with Crippen LogP contribution in [0.15, 0.2) is 29.4 Å². The van der Waals surface area contributed by atoms with E-state index in [-0.39, 0.29) is 16.9 Å². The number of imidazole rings is 1. The maximum Gasteiger partial charge on any atom is 0.251 e. The van der Waals surface area contributed by atoms with E-state index in [1.165, 1.54) is 10.6 Å². The van der Waals surface area contributed by atoms with Gasteiger partial charge in [-0.15, -0.1) is 0 Å². The number of nitrogens with zero attached hydrogens (tertiary/aromatic N) is 3. The SMILES string of the molecule is O=C(C1CCCO1)N1CCN(S(=O)(=O)c2ccc3nc[nH]c3c2)CC1. The molecular weight excluding hydrogens is 344 g/mol. The number of amides is 1. The Morgan fingerprint density at radius 3 is 2.76 bits per heavy atom. The molecule has 0 spiro atoms. The Morgan fingerprint density at radius 1 is 1.24 bits per heavy atom. The Balaban J connectivity index is 1.46. The number of carbonyl (C=O) groups is 1. The van der Waals surface area contributed by atoms with Crippen molar-refractivity contribution in [1.29, 1.82) is 0 Å². The molecule has 1 unspecified atom stereocenters. The third-order valence-electron chi connectivity index (χ3n) is 4.78. The average molecular weight is 364 g/mol. The molecule has 2 fully saturated rings. The number of fused-ring (bicyclic) bond motifs is 1. The molecule has 8 nitrogen and oxygen atoms in total. The van der Waals surface area contributed by atoms with E-state index in [2.05, 4.69) is 9.97 Å². The van der Waals surface area contributed by atoms with Crippen LogP contribution in [0.25, 0.3) is 11.0 Å². The van der Waals surface area contributed by atoms with Gasteiger partial charge in [-0.05, 0) is 31.0 Å². The number of hydrogen-bond acceptors (Lipinski definition) is 5. The fourth-order valence-corrected chi connectivity index (χ4v) is 4.80. The Morgan fingerprint density at radius 2 is 2.04 bits per heavy atom. The van der Waals surface area contributed by atoms with Crippen molar-refractivity contribution in [2.24, 2.45) is 0 Å². The first-order chi connectivity index (χ1) is 12.1. The molecule has 4 rings (SSSR count). The molecule has 1 N–H and O–H groups in total. The number of nitrogens with one attached hydrogen (secondary N) is 1. The van der Waals surface area contributed by atoms with Gasteiger partial charge in [-0.3, -0.25) is 4.79 Å². The zero-order valence-corrected chi connectivity index (χ0v) is 14.5. The summed E-state index contributed by atoms with van der Waals surface area (Å²) < 4.78 is 32.6. The largest absolute Gasteiger partial charge is 0.368 e. The van der Waals surface area contributed by atoms with Gasteiger partial charge >= 0.3 is 0 Å². The Bertz CT molecular complexity index is 880. The second kappa shape index (κ2) is 6.40.